The van der Waals surface area contributed by atoms with E-state index >= 15 is 0 Å². The van der Waals surface area contributed by atoms with Crippen LogP contribution in [0.4, 0.5) is 10.1 Å². The summed E-state index contributed by atoms with van der Waals surface area (Å²) >= 11 is 3.61. The third kappa shape index (κ3) is 3.55. The van der Waals surface area contributed by atoms with Gasteiger partial charge in [-0.2, -0.15) is 0 Å². The van der Waals surface area contributed by atoms with Crippen molar-refractivity contribution in [3.05, 3.63) is 63.9 Å². The Kier molecular flexibility index (Phi) is 4.66. The Hall–Kier alpha value is -1.88. The second kappa shape index (κ2) is 6.71. The molecular weight excluding hydrogens is 359 g/mol. The molecule has 0 atom stereocenters. The fourth-order valence-corrected chi connectivity index (χ4v) is 3.57. The van der Waals surface area contributed by atoms with Crippen molar-refractivity contribution in [1.29, 1.82) is 0 Å². The molecule has 1 amide bonds. The fraction of sp³-hybridized carbons (Fsp3) is 0.278. The molecule has 1 aliphatic heterocycles. The van der Waals surface area contributed by atoms with E-state index in [4.69, 9.17) is 0 Å². The number of hydrogen-bond donors (Lipinski definition) is 0. The van der Waals surface area contributed by atoms with Crippen molar-refractivity contribution in [1.82, 2.24) is 4.90 Å². The van der Waals surface area contributed by atoms with Crippen molar-refractivity contribution in [3.63, 3.8) is 0 Å². The highest BCUT2D eigenvalue weighted by atomic mass is 79.9. The van der Waals surface area contributed by atoms with Crippen LogP contribution >= 0.6 is 15.9 Å². The maximum Gasteiger partial charge on any atom is 0.254 e. The summed E-state index contributed by atoms with van der Waals surface area (Å²) in [7, 11) is 0. The van der Waals surface area contributed by atoms with Crippen molar-refractivity contribution in [2.75, 3.05) is 31.1 Å². The molecule has 0 bridgehead atoms. The van der Waals surface area contributed by atoms with Gasteiger partial charge in [0.05, 0.1) is 5.69 Å². The molecule has 3 nitrogen and oxygen atoms in total. The van der Waals surface area contributed by atoms with E-state index in [1.54, 1.807) is 17.0 Å². The van der Waals surface area contributed by atoms with E-state index in [9.17, 15) is 9.18 Å². The molecule has 0 spiro atoms. The number of carbonyl (C=O) groups excluding carboxylic acids is 1. The summed E-state index contributed by atoms with van der Waals surface area (Å²) < 4.78 is 14.3. The molecule has 0 aromatic heterocycles. The molecule has 3 rings (SSSR count). The van der Waals surface area contributed by atoms with Crippen LogP contribution in [0.1, 0.15) is 15.9 Å². The van der Waals surface area contributed by atoms with Crippen LogP contribution in [0.3, 0.4) is 0 Å². The summed E-state index contributed by atoms with van der Waals surface area (Å²) in [5, 5.41) is 0. The summed E-state index contributed by atoms with van der Waals surface area (Å²) in [6, 6.07) is 12.2. The Morgan fingerprint density at radius 3 is 2.48 bits per heavy atom. The number of piperazine rings is 1. The maximum atomic E-state index is 13.3. The zero-order chi connectivity index (χ0) is 16.4. The first kappa shape index (κ1) is 16.0. The third-order valence-electron chi connectivity index (χ3n) is 4.08. The van der Waals surface area contributed by atoms with Gasteiger partial charge in [0.25, 0.3) is 5.91 Å². The molecule has 0 aliphatic carbocycles. The number of carbonyl (C=O) groups is 1. The lowest BCUT2D eigenvalue weighted by atomic mass is 10.1. The van der Waals surface area contributed by atoms with E-state index in [0.29, 0.717) is 18.7 Å². The molecule has 0 unspecified atom stereocenters. The molecule has 0 saturated carbocycles. The van der Waals surface area contributed by atoms with Crippen LogP contribution in [-0.4, -0.2) is 37.0 Å². The molecule has 2 aromatic rings. The number of amides is 1. The van der Waals surface area contributed by atoms with E-state index < -0.39 is 0 Å². The van der Waals surface area contributed by atoms with Crippen molar-refractivity contribution in [3.8, 4) is 0 Å². The minimum absolute atomic E-state index is 0.105. The van der Waals surface area contributed by atoms with Gasteiger partial charge in [-0.05, 0) is 58.7 Å². The summed E-state index contributed by atoms with van der Waals surface area (Å²) in [4.78, 5) is 16.5. The lowest BCUT2D eigenvalue weighted by molar-refractivity contribution is 0.0746. The predicted molar refractivity (Wildman–Crippen MR) is 93.4 cm³/mol. The highest BCUT2D eigenvalue weighted by molar-refractivity contribution is 9.10. The Morgan fingerprint density at radius 1 is 1.09 bits per heavy atom. The highest BCUT2D eigenvalue weighted by Gasteiger charge is 2.23. The normalized spacial score (nSPS) is 14.9. The first-order valence-corrected chi connectivity index (χ1v) is 8.40. The molecule has 1 saturated heterocycles. The summed E-state index contributed by atoms with van der Waals surface area (Å²) in [5.74, 6) is -0.481. The van der Waals surface area contributed by atoms with Crippen LogP contribution < -0.4 is 4.90 Å². The summed E-state index contributed by atoms with van der Waals surface area (Å²) in [6.45, 7) is 4.86. The molecule has 1 fully saturated rings. The zero-order valence-corrected chi connectivity index (χ0v) is 14.5. The van der Waals surface area contributed by atoms with Gasteiger partial charge < -0.3 is 9.80 Å². The second-order valence-corrected chi connectivity index (χ2v) is 6.60. The van der Waals surface area contributed by atoms with Crippen LogP contribution in [0.15, 0.2) is 46.9 Å². The van der Waals surface area contributed by atoms with Crippen LogP contribution in [0.2, 0.25) is 0 Å². The largest absolute Gasteiger partial charge is 0.367 e. The Labute approximate surface area is 143 Å². The first-order chi connectivity index (χ1) is 11.0. The number of aryl methyl sites for hydroxylation is 1. The van der Waals surface area contributed by atoms with E-state index in [1.807, 2.05) is 0 Å². The maximum absolute atomic E-state index is 13.3. The third-order valence-corrected chi connectivity index (χ3v) is 4.72. The van der Waals surface area contributed by atoms with Gasteiger partial charge in [0, 0.05) is 36.2 Å². The lowest BCUT2D eigenvalue weighted by Gasteiger charge is -2.36. The number of anilines is 1. The van der Waals surface area contributed by atoms with Gasteiger partial charge in [-0.25, -0.2) is 4.39 Å². The van der Waals surface area contributed by atoms with Crippen LogP contribution in [-0.2, 0) is 0 Å². The molecule has 2 aromatic carbocycles. The average molecular weight is 377 g/mol. The minimum Gasteiger partial charge on any atom is -0.367 e. The predicted octanol–water partition coefficient (Wildman–Crippen LogP) is 3.86. The van der Waals surface area contributed by atoms with E-state index in [-0.39, 0.29) is 11.7 Å². The van der Waals surface area contributed by atoms with Crippen molar-refractivity contribution in [2.45, 2.75) is 6.92 Å². The van der Waals surface area contributed by atoms with Crippen molar-refractivity contribution >= 4 is 27.5 Å². The highest BCUT2D eigenvalue weighted by Crippen LogP contribution is 2.28. The summed E-state index contributed by atoms with van der Waals surface area (Å²) in [5.41, 5.74) is 2.77. The SMILES string of the molecule is Cc1ccc(N2CCN(C(=O)c3cccc(F)c3)CC2)c(Br)c1. The van der Waals surface area contributed by atoms with Crippen LogP contribution in [0.5, 0.6) is 0 Å². The topological polar surface area (TPSA) is 23.6 Å². The smallest absolute Gasteiger partial charge is 0.254 e. The van der Waals surface area contributed by atoms with Crippen molar-refractivity contribution in [2.24, 2.45) is 0 Å². The van der Waals surface area contributed by atoms with Gasteiger partial charge >= 0.3 is 0 Å². The van der Waals surface area contributed by atoms with E-state index in [1.165, 1.54) is 17.7 Å². The number of hydrogen-bond acceptors (Lipinski definition) is 2. The molecule has 23 heavy (non-hydrogen) atoms. The minimum atomic E-state index is -0.377. The number of halogens is 2. The van der Waals surface area contributed by atoms with Gasteiger partial charge in [-0.1, -0.05) is 12.1 Å². The monoisotopic (exact) mass is 376 g/mol. The van der Waals surface area contributed by atoms with Gasteiger partial charge in [0.2, 0.25) is 0 Å². The molecule has 120 valence electrons. The second-order valence-electron chi connectivity index (χ2n) is 5.74. The Balaban J connectivity index is 1.67. The number of rotatable bonds is 2. The average Bonchev–Trinajstić information content (AvgIpc) is 2.54. The molecular formula is C18H18BrFN2O. The standard InChI is InChI=1S/C18H18BrFN2O/c1-13-5-6-17(16(19)11-13)21-7-9-22(10-8-21)18(23)14-3-2-4-15(20)12-14/h2-6,11-12H,7-10H2,1H3. The zero-order valence-electron chi connectivity index (χ0n) is 12.9. The number of benzene rings is 2. The molecule has 0 N–H and O–H groups in total. The molecule has 1 heterocycles. The van der Waals surface area contributed by atoms with Gasteiger partial charge in [-0.3, -0.25) is 4.79 Å². The number of nitrogens with zero attached hydrogens (tertiary/aromatic N) is 2. The van der Waals surface area contributed by atoms with Crippen molar-refractivity contribution < 1.29 is 9.18 Å². The van der Waals surface area contributed by atoms with Gasteiger partial charge in [0.15, 0.2) is 0 Å². The molecule has 5 heteroatoms. The van der Waals surface area contributed by atoms with E-state index in [0.717, 1.165) is 23.2 Å². The quantitative estimate of drug-likeness (QED) is 0.794. The van der Waals surface area contributed by atoms with Gasteiger partial charge in [-0.15, -0.1) is 0 Å². The lowest BCUT2D eigenvalue weighted by Crippen LogP contribution is -2.48. The molecule has 0 radical (unpaired) electrons. The van der Waals surface area contributed by atoms with Crippen LogP contribution in [0.25, 0.3) is 0 Å². The van der Waals surface area contributed by atoms with Crippen LogP contribution in [0, 0.1) is 12.7 Å². The summed E-state index contributed by atoms with van der Waals surface area (Å²) in [6.07, 6.45) is 0. The Bertz CT molecular complexity index is 727. The van der Waals surface area contributed by atoms with E-state index in [2.05, 4.69) is 46.0 Å². The molecule has 1 aliphatic rings. The first-order valence-electron chi connectivity index (χ1n) is 7.60. The van der Waals surface area contributed by atoms with Gasteiger partial charge in [0.1, 0.15) is 5.82 Å². The fourth-order valence-electron chi connectivity index (χ4n) is 2.82. The Morgan fingerprint density at radius 2 is 1.83 bits per heavy atom.